The highest BCUT2D eigenvalue weighted by molar-refractivity contribution is 14.0. The van der Waals surface area contributed by atoms with Crippen molar-refractivity contribution in [3.8, 4) is 0 Å². The smallest absolute Gasteiger partial charge is 0.382 e. The molecule has 2 rings (SSSR count). The Labute approximate surface area is 148 Å². The van der Waals surface area contributed by atoms with Crippen LogP contribution in [0, 0.1) is 0 Å². The zero-order valence-electron chi connectivity index (χ0n) is 12.5. The number of nitrogens with zero attached hydrogens (tertiary/aromatic N) is 4. The van der Waals surface area contributed by atoms with Gasteiger partial charge >= 0.3 is 6.18 Å². The fourth-order valence-electron chi connectivity index (χ4n) is 2.15. The van der Waals surface area contributed by atoms with Crippen LogP contribution in [0.4, 0.5) is 13.2 Å². The van der Waals surface area contributed by atoms with Crippen molar-refractivity contribution in [3.05, 3.63) is 12.2 Å². The molecular formula is C12H20F3IN6O. The van der Waals surface area contributed by atoms with Gasteiger partial charge in [0.25, 0.3) is 0 Å². The van der Waals surface area contributed by atoms with Crippen LogP contribution >= 0.6 is 24.0 Å². The number of halogens is 4. The summed E-state index contributed by atoms with van der Waals surface area (Å²) in [7, 11) is 0. The molecule has 0 aromatic carbocycles. The van der Waals surface area contributed by atoms with E-state index in [1.807, 2.05) is 6.92 Å². The maximum absolute atomic E-state index is 12.3. The van der Waals surface area contributed by atoms with Crippen molar-refractivity contribution in [1.29, 1.82) is 0 Å². The zero-order valence-corrected chi connectivity index (χ0v) is 14.9. The van der Waals surface area contributed by atoms with Crippen LogP contribution in [0.3, 0.4) is 0 Å². The average Bonchev–Trinajstić information content (AvgIpc) is 2.91. The number of aromatic nitrogens is 3. The molecule has 1 aromatic heterocycles. The first-order chi connectivity index (χ1) is 10.4. The van der Waals surface area contributed by atoms with E-state index >= 15 is 0 Å². The molecule has 0 saturated heterocycles. The van der Waals surface area contributed by atoms with E-state index in [0.717, 1.165) is 18.7 Å². The van der Waals surface area contributed by atoms with E-state index in [9.17, 15) is 13.2 Å². The van der Waals surface area contributed by atoms with E-state index in [4.69, 9.17) is 5.11 Å². The van der Waals surface area contributed by atoms with Gasteiger partial charge in [-0.15, -0.1) is 24.0 Å². The molecule has 11 heteroatoms. The van der Waals surface area contributed by atoms with E-state index in [1.165, 1.54) is 6.33 Å². The Kier molecular flexibility index (Phi) is 7.51. The van der Waals surface area contributed by atoms with Gasteiger partial charge in [-0.1, -0.05) is 0 Å². The lowest BCUT2D eigenvalue weighted by molar-refractivity contribution is -0.199. The number of hydrogen-bond donors (Lipinski definition) is 3. The summed E-state index contributed by atoms with van der Waals surface area (Å²) >= 11 is 0. The number of nitrogens with one attached hydrogen (secondary N) is 2. The summed E-state index contributed by atoms with van der Waals surface area (Å²) in [5.74, 6) is 1.15. The Morgan fingerprint density at radius 2 is 2.30 bits per heavy atom. The van der Waals surface area contributed by atoms with Crippen LogP contribution in [-0.2, 0) is 13.0 Å². The van der Waals surface area contributed by atoms with Crippen molar-refractivity contribution < 1.29 is 18.3 Å². The second-order valence-corrected chi connectivity index (χ2v) is 5.02. The second-order valence-electron chi connectivity index (χ2n) is 5.02. The summed E-state index contributed by atoms with van der Waals surface area (Å²) in [5, 5.41) is 19.0. The third-order valence-corrected chi connectivity index (χ3v) is 3.29. The molecule has 1 aliphatic rings. The van der Waals surface area contributed by atoms with Crippen molar-refractivity contribution in [2.75, 3.05) is 13.1 Å². The van der Waals surface area contributed by atoms with Gasteiger partial charge in [-0.25, -0.2) is 9.67 Å². The normalized spacial score (nSPS) is 19.5. The highest BCUT2D eigenvalue weighted by Crippen LogP contribution is 2.20. The van der Waals surface area contributed by atoms with Gasteiger partial charge in [-0.3, -0.25) is 4.99 Å². The summed E-state index contributed by atoms with van der Waals surface area (Å²) in [4.78, 5) is 7.91. The van der Waals surface area contributed by atoms with Crippen molar-refractivity contribution in [3.63, 3.8) is 0 Å². The van der Waals surface area contributed by atoms with Crippen LogP contribution in [0.15, 0.2) is 11.3 Å². The lowest BCUT2D eigenvalue weighted by atomic mass is 10.1. The minimum atomic E-state index is -4.67. The molecule has 0 bridgehead atoms. The first kappa shape index (κ1) is 19.9. The van der Waals surface area contributed by atoms with Crippen molar-refractivity contribution in [2.24, 2.45) is 4.99 Å². The predicted molar refractivity (Wildman–Crippen MR) is 88.7 cm³/mol. The molecule has 2 atom stereocenters. The summed E-state index contributed by atoms with van der Waals surface area (Å²) in [6.07, 6.45) is -4.12. The molecule has 3 N–H and O–H groups in total. The number of alkyl halides is 3. The van der Waals surface area contributed by atoms with Crippen LogP contribution < -0.4 is 10.6 Å². The molecule has 0 fully saturated rings. The van der Waals surface area contributed by atoms with E-state index in [-0.39, 0.29) is 36.0 Å². The molecule has 0 radical (unpaired) electrons. The standard InChI is InChI=1S/C12H19F3N6O.HI/c1-2-16-11(17-5-9(22)12(13,14)15)20-8-3-4-10-18-7-19-21(10)6-8;/h7-9,22H,2-6H2,1H3,(H2,16,17,20);1H. The molecule has 2 unspecified atom stereocenters. The van der Waals surface area contributed by atoms with Gasteiger partial charge in [0.2, 0.25) is 0 Å². The van der Waals surface area contributed by atoms with Crippen LogP contribution in [0.5, 0.6) is 0 Å². The van der Waals surface area contributed by atoms with Crippen LogP contribution in [0.1, 0.15) is 19.2 Å². The number of aliphatic hydroxyl groups is 1. The van der Waals surface area contributed by atoms with Gasteiger partial charge in [-0.2, -0.15) is 18.3 Å². The first-order valence-corrected chi connectivity index (χ1v) is 7.06. The van der Waals surface area contributed by atoms with Crippen molar-refractivity contribution in [1.82, 2.24) is 25.4 Å². The Bertz CT molecular complexity index is 521. The molecule has 7 nitrogen and oxygen atoms in total. The summed E-state index contributed by atoms with van der Waals surface area (Å²) in [6.45, 7) is 2.16. The average molecular weight is 448 g/mol. The van der Waals surface area contributed by atoms with Gasteiger partial charge in [0.1, 0.15) is 12.2 Å². The van der Waals surface area contributed by atoms with Gasteiger partial charge in [-0.05, 0) is 13.3 Å². The minimum Gasteiger partial charge on any atom is -0.382 e. The highest BCUT2D eigenvalue weighted by atomic mass is 127. The summed E-state index contributed by atoms with van der Waals surface area (Å²) in [6, 6.07) is -0.00460. The maximum atomic E-state index is 12.3. The van der Waals surface area contributed by atoms with Gasteiger partial charge in [0.05, 0.1) is 13.1 Å². The molecule has 2 heterocycles. The number of hydrogen-bond acceptors (Lipinski definition) is 4. The second kappa shape index (κ2) is 8.66. The number of fused-ring (bicyclic) bond motifs is 1. The van der Waals surface area contributed by atoms with Gasteiger partial charge in [0.15, 0.2) is 12.1 Å². The SMILES string of the molecule is CCNC(=NCC(O)C(F)(F)F)NC1CCc2ncnn2C1.I. The molecule has 1 aliphatic heterocycles. The Hall–Kier alpha value is -1.11. The summed E-state index contributed by atoms with van der Waals surface area (Å²) in [5.41, 5.74) is 0. The third kappa shape index (κ3) is 5.79. The number of guanidine groups is 1. The third-order valence-electron chi connectivity index (χ3n) is 3.29. The van der Waals surface area contributed by atoms with E-state index in [2.05, 4.69) is 25.7 Å². The molecule has 0 aliphatic carbocycles. The Morgan fingerprint density at radius 1 is 1.57 bits per heavy atom. The quantitative estimate of drug-likeness (QED) is 0.359. The van der Waals surface area contributed by atoms with Crippen LogP contribution in [-0.4, -0.2) is 57.2 Å². The summed E-state index contributed by atoms with van der Waals surface area (Å²) < 4.78 is 38.6. The molecule has 0 amide bonds. The predicted octanol–water partition coefficient (Wildman–Crippen LogP) is 0.689. The Balaban J connectivity index is 0.00000264. The van der Waals surface area contributed by atoms with Gasteiger partial charge in [0, 0.05) is 19.0 Å². The lowest BCUT2D eigenvalue weighted by Crippen LogP contribution is -2.47. The molecule has 132 valence electrons. The molecular weight excluding hydrogens is 428 g/mol. The fourth-order valence-corrected chi connectivity index (χ4v) is 2.15. The van der Waals surface area contributed by atoms with Gasteiger partial charge < -0.3 is 15.7 Å². The molecule has 0 saturated carbocycles. The van der Waals surface area contributed by atoms with Crippen molar-refractivity contribution >= 4 is 29.9 Å². The minimum absolute atomic E-state index is 0. The van der Waals surface area contributed by atoms with E-state index < -0.39 is 18.8 Å². The fraction of sp³-hybridized carbons (Fsp3) is 0.750. The largest absolute Gasteiger partial charge is 0.416 e. The zero-order chi connectivity index (χ0) is 16.2. The number of aliphatic imine (C=N–C) groups is 1. The number of rotatable bonds is 4. The molecule has 1 aromatic rings. The topological polar surface area (TPSA) is 87.4 Å². The lowest BCUT2D eigenvalue weighted by Gasteiger charge is -2.25. The maximum Gasteiger partial charge on any atom is 0.416 e. The van der Waals surface area contributed by atoms with Crippen molar-refractivity contribution in [2.45, 2.75) is 44.6 Å². The molecule has 0 spiro atoms. The highest BCUT2D eigenvalue weighted by Gasteiger charge is 2.38. The first-order valence-electron chi connectivity index (χ1n) is 7.06. The number of aliphatic hydroxyl groups excluding tert-OH is 1. The molecule has 23 heavy (non-hydrogen) atoms. The van der Waals surface area contributed by atoms with Crippen LogP contribution in [0.25, 0.3) is 0 Å². The van der Waals surface area contributed by atoms with Crippen LogP contribution in [0.2, 0.25) is 0 Å². The van der Waals surface area contributed by atoms with E-state index in [0.29, 0.717) is 13.1 Å². The Morgan fingerprint density at radius 3 is 2.96 bits per heavy atom. The monoisotopic (exact) mass is 448 g/mol. The number of aryl methyl sites for hydroxylation is 1. The van der Waals surface area contributed by atoms with E-state index in [1.54, 1.807) is 4.68 Å².